The Hall–Kier alpha value is -3.49. The third-order valence-electron chi connectivity index (χ3n) is 4.86. The van der Waals surface area contributed by atoms with Gasteiger partial charge in [-0.15, -0.1) is 10.2 Å². The first-order valence-corrected chi connectivity index (χ1v) is 11.9. The van der Waals surface area contributed by atoms with Crippen molar-refractivity contribution in [2.45, 2.75) is 18.2 Å². The van der Waals surface area contributed by atoms with Crippen molar-refractivity contribution in [2.75, 3.05) is 18.2 Å². The third kappa shape index (κ3) is 5.70. The fourth-order valence-electron chi connectivity index (χ4n) is 3.31. The van der Waals surface area contributed by atoms with Gasteiger partial charge in [-0.1, -0.05) is 59.8 Å². The van der Waals surface area contributed by atoms with Crippen molar-refractivity contribution in [3.05, 3.63) is 89.7 Å². The molecule has 4 rings (SSSR count). The molecular formula is C25H23ClN4O3S. The quantitative estimate of drug-likeness (QED) is 0.296. The summed E-state index contributed by atoms with van der Waals surface area (Å²) in [7, 11) is 1.54. The second kappa shape index (κ2) is 11.1. The number of ether oxygens (including phenoxy) is 2. The number of rotatable bonds is 9. The van der Waals surface area contributed by atoms with Gasteiger partial charge in [-0.05, 0) is 49.4 Å². The largest absolute Gasteiger partial charge is 0.495 e. The Balaban J connectivity index is 1.54. The Bertz CT molecular complexity index is 1250. The topological polar surface area (TPSA) is 78.3 Å². The predicted octanol–water partition coefficient (Wildman–Crippen LogP) is 5.80. The number of hydrogen-bond donors (Lipinski definition) is 1. The molecule has 9 heteroatoms. The lowest BCUT2D eigenvalue weighted by molar-refractivity contribution is -0.113. The summed E-state index contributed by atoms with van der Waals surface area (Å²) < 4.78 is 13.3. The summed E-state index contributed by atoms with van der Waals surface area (Å²) in [4.78, 5) is 12.7. The van der Waals surface area contributed by atoms with Crippen LogP contribution in [0.5, 0.6) is 11.5 Å². The highest BCUT2D eigenvalue weighted by molar-refractivity contribution is 7.99. The zero-order valence-electron chi connectivity index (χ0n) is 18.6. The maximum absolute atomic E-state index is 12.7. The van der Waals surface area contributed by atoms with Crippen LogP contribution in [0.2, 0.25) is 5.02 Å². The summed E-state index contributed by atoms with van der Waals surface area (Å²) in [5, 5.41) is 12.7. The molecule has 0 saturated heterocycles. The number of methoxy groups -OCH3 is 1. The molecule has 0 aliphatic rings. The predicted molar refractivity (Wildman–Crippen MR) is 134 cm³/mol. The summed E-state index contributed by atoms with van der Waals surface area (Å²) >= 11 is 7.34. The molecule has 4 aromatic rings. The maximum atomic E-state index is 12.7. The van der Waals surface area contributed by atoms with Crippen molar-refractivity contribution in [1.82, 2.24) is 14.8 Å². The van der Waals surface area contributed by atoms with E-state index < -0.39 is 0 Å². The van der Waals surface area contributed by atoms with E-state index in [0.717, 1.165) is 11.4 Å². The number of nitrogens with one attached hydrogen (secondary N) is 1. The molecule has 0 fully saturated rings. The Kier molecular flexibility index (Phi) is 7.72. The highest BCUT2D eigenvalue weighted by Gasteiger charge is 2.22. The first-order valence-electron chi connectivity index (χ1n) is 10.5. The van der Waals surface area contributed by atoms with E-state index in [4.69, 9.17) is 21.1 Å². The van der Waals surface area contributed by atoms with E-state index in [0.29, 0.717) is 27.4 Å². The summed E-state index contributed by atoms with van der Waals surface area (Å²) in [5.41, 5.74) is 1.39. The molecule has 0 spiro atoms. The van der Waals surface area contributed by atoms with Gasteiger partial charge in [0.25, 0.3) is 0 Å². The highest BCUT2D eigenvalue weighted by Crippen LogP contribution is 2.30. The van der Waals surface area contributed by atoms with Crippen molar-refractivity contribution in [1.29, 1.82) is 0 Å². The highest BCUT2D eigenvalue weighted by atomic mass is 35.5. The molecule has 7 nitrogen and oxygen atoms in total. The Morgan fingerprint density at radius 1 is 1.06 bits per heavy atom. The molecule has 0 saturated carbocycles. The zero-order valence-corrected chi connectivity index (χ0v) is 20.2. The Labute approximate surface area is 207 Å². The van der Waals surface area contributed by atoms with Gasteiger partial charge in [0.15, 0.2) is 17.1 Å². The van der Waals surface area contributed by atoms with Crippen molar-refractivity contribution in [3.8, 4) is 17.2 Å². The van der Waals surface area contributed by atoms with E-state index in [9.17, 15) is 4.79 Å². The second-order valence-electron chi connectivity index (χ2n) is 7.27. The number of amides is 1. The number of aromatic nitrogens is 3. The van der Waals surface area contributed by atoms with E-state index in [1.54, 1.807) is 18.2 Å². The van der Waals surface area contributed by atoms with Crippen LogP contribution in [0, 0.1) is 0 Å². The van der Waals surface area contributed by atoms with Crippen LogP contribution in [-0.2, 0) is 4.79 Å². The molecule has 1 heterocycles. The molecular weight excluding hydrogens is 472 g/mol. The number of anilines is 1. The number of thioether (sulfide) groups is 1. The normalized spacial score (nSPS) is 11.6. The minimum atomic E-state index is -0.367. The van der Waals surface area contributed by atoms with E-state index in [2.05, 4.69) is 15.5 Å². The first-order chi connectivity index (χ1) is 16.5. The number of benzene rings is 3. The van der Waals surface area contributed by atoms with Crippen molar-refractivity contribution in [3.63, 3.8) is 0 Å². The third-order valence-corrected chi connectivity index (χ3v) is 6.02. The number of carbonyl (C=O) groups is 1. The molecule has 1 N–H and O–H groups in total. The van der Waals surface area contributed by atoms with Gasteiger partial charge < -0.3 is 14.8 Å². The molecule has 1 amide bonds. The molecule has 0 radical (unpaired) electrons. The lowest BCUT2D eigenvalue weighted by Gasteiger charge is -2.16. The SMILES string of the molecule is COc1ccc(Cl)cc1NC(=O)CSc1nnc(C(C)Oc2ccccc2)n1-c1ccccc1. The number of hydrogen-bond acceptors (Lipinski definition) is 6. The van der Waals surface area contributed by atoms with Crippen LogP contribution >= 0.6 is 23.4 Å². The second-order valence-corrected chi connectivity index (χ2v) is 8.65. The summed E-state index contributed by atoms with van der Waals surface area (Å²) in [6, 6.07) is 24.3. The van der Waals surface area contributed by atoms with Gasteiger partial charge in [0, 0.05) is 10.7 Å². The van der Waals surface area contributed by atoms with Crippen molar-refractivity contribution in [2.24, 2.45) is 0 Å². The number of nitrogens with zero attached hydrogens (tertiary/aromatic N) is 3. The van der Waals surface area contributed by atoms with Gasteiger partial charge in [-0.25, -0.2) is 0 Å². The monoisotopic (exact) mass is 494 g/mol. The van der Waals surface area contributed by atoms with E-state index in [1.165, 1.54) is 18.9 Å². The van der Waals surface area contributed by atoms with Crippen LogP contribution in [0.15, 0.2) is 84.0 Å². The average molecular weight is 495 g/mol. The van der Waals surface area contributed by atoms with Gasteiger partial charge in [0.05, 0.1) is 18.6 Å². The van der Waals surface area contributed by atoms with Crippen molar-refractivity contribution >= 4 is 35.0 Å². The van der Waals surface area contributed by atoms with Crippen LogP contribution in [0.4, 0.5) is 5.69 Å². The van der Waals surface area contributed by atoms with Crippen LogP contribution in [0.25, 0.3) is 5.69 Å². The standard InChI is InChI=1S/C25H23ClN4O3S/c1-17(33-20-11-7-4-8-12-20)24-28-29-25(30(24)19-9-5-3-6-10-19)34-16-23(31)27-21-15-18(26)13-14-22(21)32-2/h3-15,17H,16H2,1-2H3,(H,27,31). The van der Waals surface area contributed by atoms with Crippen LogP contribution < -0.4 is 14.8 Å². The first kappa shape index (κ1) is 23.7. The minimum Gasteiger partial charge on any atom is -0.495 e. The molecule has 1 unspecified atom stereocenters. The van der Waals surface area contributed by atoms with E-state index in [-0.39, 0.29) is 17.8 Å². The molecule has 0 bridgehead atoms. The fourth-order valence-corrected chi connectivity index (χ4v) is 4.24. The Morgan fingerprint density at radius 2 is 1.76 bits per heavy atom. The minimum absolute atomic E-state index is 0.120. The van der Waals surface area contributed by atoms with E-state index in [1.807, 2.05) is 72.2 Å². The number of para-hydroxylation sites is 2. The van der Waals surface area contributed by atoms with Crippen LogP contribution in [0.1, 0.15) is 18.9 Å². The molecule has 34 heavy (non-hydrogen) atoms. The molecule has 1 atom stereocenters. The van der Waals surface area contributed by atoms with Crippen LogP contribution in [0.3, 0.4) is 0 Å². The van der Waals surface area contributed by atoms with Gasteiger partial charge in [0.1, 0.15) is 11.5 Å². The van der Waals surface area contributed by atoms with Gasteiger partial charge in [-0.2, -0.15) is 0 Å². The van der Waals surface area contributed by atoms with Gasteiger partial charge >= 0.3 is 0 Å². The lowest BCUT2D eigenvalue weighted by Crippen LogP contribution is -2.16. The lowest BCUT2D eigenvalue weighted by atomic mass is 10.3. The zero-order chi connectivity index (χ0) is 23.9. The molecule has 3 aromatic carbocycles. The van der Waals surface area contributed by atoms with Crippen LogP contribution in [-0.4, -0.2) is 33.5 Å². The summed E-state index contributed by atoms with van der Waals surface area (Å²) in [6.45, 7) is 1.92. The molecule has 1 aromatic heterocycles. The van der Waals surface area contributed by atoms with Gasteiger partial charge in [0.2, 0.25) is 5.91 Å². The average Bonchev–Trinajstić information content (AvgIpc) is 3.28. The maximum Gasteiger partial charge on any atom is 0.234 e. The molecule has 174 valence electrons. The smallest absolute Gasteiger partial charge is 0.234 e. The number of carbonyl (C=O) groups excluding carboxylic acids is 1. The number of halogens is 1. The van der Waals surface area contributed by atoms with Gasteiger partial charge in [-0.3, -0.25) is 9.36 Å². The fraction of sp³-hybridized carbons (Fsp3) is 0.160. The van der Waals surface area contributed by atoms with E-state index >= 15 is 0 Å². The molecule has 0 aliphatic heterocycles. The van der Waals surface area contributed by atoms with Crippen molar-refractivity contribution < 1.29 is 14.3 Å². The summed E-state index contributed by atoms with van der Waals surface area (Å²) in [5.74, 6) is 1.80. The molecule has 0 aliphatic carbocycles. The summed E-state index contributed by atoms with van der Waals surface area (Å²) in [6.07, 6.45) is -0.367. The Morgan fingerprint density at radius 3 is 2.47 bits per heavy atom.